The molecule has 1 aromatic rings. The Morgan fingerprint density at radius 1 is 1.33 bits per heavy atom. The molecule has 0 heterocycles. The fourth-order valence-corrected chi connectivity index (χ4v) is 2.10. The first kappa shape index (κ1) is 11.7. The van der Waals surface area contributed by atoms with Crippen LogP contribution >= 0.6 is 11.8 Å². The van der Waals surface area contributed by atoms with Crippen LogP contribution < -0.4 is 9.47 Å². The number of ether oxygens (including phenoxy) is 2. The molecule has 0 N–H and O–H groups in total. The monoisotopic (exact) mass is 223 g/mol. The summed E-state index contributed by atoms with van der Waals surface area (Å²) >= 11 is 1.46. The third-order valence-corrected chi connectivity index (χ3v) is 2.94. The molecular weight excluding hydrogens is 210 g/mol. The molecule has 80 valence electrons. The lowest BCUT2D eigenvalue weighted by Crippen LogP contribution is -1.94. The Morgan fingerprint density at radius 2 is 2.07 bits per heavy atom. The minimum Gasteiger partial charge on any atom is -0.496 e. The molecule has 0 bridgehead atoms. The standard InChI is InChI=1S/C11H13NO2S/c1-8-9(13-2)4-5-10(11(8)14-3)15-7-6-12/h4-5H,7H2,1-3H3. The van der Waals surface area contributed by atoms with Crippen LogP contribution in [-0.4, -0.2) is 20.0 Å². The zero-order valence-corrected chi connectivity index (χ0v) is 9.85. The number of hydrogen-bond acceptors (Lipinski definition) is 4. The number of thioether (sulfide) groups is 1. The Hall–Kier alpha value is -1.34. The molecule has 0 spiro atoms. The lowest BCUT2D eigenvalue weighted by Gasteiger charge is -2.12. The summed E-state index contributed by atoms with van der Waals surface area (Å²) in [5.41, 5.74) is 0.961. The molecule has 1 rings (SSSR count). The normalized spacial score (nSPS) is 9.47. The first-order valence-electron chi connectivity index (χ1n) is 4.46. The van der Waals surface area contributed by atoms with E-state index in [1.54, 1.807) is 14.2 Å². The van der Waals surface area contributed by atoms with Crippen molar-refractivity contribution in [2.75, 3.05) is 20.0 Å². The molecule has 0 unspecified atom stereocenters. The number of nitriles is 1. The van der Waals surface area contributed by atoms with Crippen LogP contribution in [0.1, 0.15) is 5.56 Å². The van der Waals surface area contributed by atoms with Crippen molar-refractivity contribution in [3.8, 4) is 17.6 Å². The number of nitrogens with zero attached hydrogens (tertiary/aromatic N) is 1. The molecular formula is C11H13NO2S. The molecule has 0 radical (unpaired) electrons. The van der Waals surface area contributed by atoms with Gasteiger partial charge < -0.3 is 9.47 Å². The fourth-order valence-electron chi connectivity index (χ4n) is 1.35. The largest absolute Gasteiger partial charge is 0.496 e. The number of methoxy groups -OCH3 is 2. The first-order valence-corrected chi connectivity index (χ1v) is 5.44. The molecule has 3 nitrogen and oxygen atoms in total. The van der Waals surface area contributed by atoms with Gasteiger partial charge in [0.1, 0.15) is 11.5 Å². The summed E-state index contributed by atoms with van der Waals surface area (Å²) in [4.78, 5) is 0.970. The average molecular weight is 223 g/mol. The van der Waals surface area contributed by atoms with E-state index in [1.807, 2.05) is 19.1 Å². The van der Waals surface area contributed by atoms with Gasteiger partial charge in [0.25, 0.3) is 0 Å². The van der Waals surface area contributed by atoms with Crippen LogP contribution in [0.3, 0.4) is 0 Å². The van der Waals surface area contributed by atoms with Gasteiger partial charge in [-0.15, -0.1) is 11.8 Å². The van der Waals surface area contributed by atoms with Crippen LogP contribution in [0, 0.1) is 18.3 Å². The number of rotatable bonds is 4. The average Bonchev–Trinajstić information content (AvgIpc) is 2.26. The van der Waals surface area contributed by atoms with Gasteiger partial charge in [-0.05, 0) is 19.1 Å². The van der Waals surface area contributed by atoms with Gasteiger partial charge in [0.15, 0.2) is 0 Å². The molecule has 0 fully saturated rings. The van der Waals surface area contributed by atoms with Crippen molar-refractivity contribution in [1.82, 2.24) is 0 Å². The molecule has 0 saturated heterocycles. The topological polar surface area (TPSA) is 42.2 Å². The van der Waals surface area contributed by atoms with E-state index in [4.69, 9.17) is 14.7 Å². The van der Waals surface area contributed by atoms with Gasteiger partial charge in [-0.2, -0.15) is 5.26 Å². The van der Waals surface area contributed by atoms with Crippen molar-refractivity contribution in [3.63, 3.8) is 0 Å². The smallest absolute Gasteiger partial charge is 0.139 e. The highest BCUT2D eigenvalue weighted by molar-refractivity contribution is 7.99. The van der Waals surface area contributed by atoms with Crippen molar-refractivity contribution in [2.24, 2.45) is 0 Å². The highest BCUT2D eigenvalue weighted by Gasteiger charge is 2.10. The fraction of sp³-hybridized carbons (Fsp3) is 0.364. The SMILES string of the molecule is COc1ccc(SCC#N)c(OC)c1C. The molecule has 0 amide bonds. The van der Waals surface area contributed by atoms with E-state index >= 15 is 0 Å². The first-order chi connectivity index (χ1) is 7.24. The quantitative estimate of drug-likeness (QED) is 0.736. The van der Waals surface area contributed by atoms with Gasteiger partial charge in [0.05, 0.1) is 30.9 Å². The van der Waals surface area contributed by atoms with E-state index in [0.29, 0.717) is 5.75 Å². The Bertz CT molecular complexity index is 385. The molecule has 15 heavy (non-hydrogen) atoms. The van der Waals surface area contributed by atoms with Crippen molar-refractivity contribution < 1.29 is 9.47 Å². The molecule has 0 atom stereocenters. The molecule has 4 heteroatoms. The maximum Gasteiger partial charge on any atom is 0.139 e. The number of benzene rings is 1. The predicted molar refractivity (Wildman–Crippen MR) is 60.6 cm³/mol. The van der Waals surface area contributed by atoms with Crippen LogP contribution in [0.5, 0.6) is 11.5 Å². The lowest BCUT2D eigenvalue weighted by atomic mass is 10.2. The van der Waals surface area contributed by atoms with E-state index in [9.17, 15) is 0 Å². The predicted octanol–water partition coefficient (Wildman–Crippen LogP) is 2.63. The Kier molecular flexibility index (Phi) is 4.32. The van der Waals surface area contributed by atoms with E-state index in [-0.39, 0.29) is 0 Å². The molecule has 0 aliphatic carbocycles. The maximum absolute atomic E-state index is 8.52. The third kappa shape index (κ3) is 2.57. The van der Waals surface area contributed by atoms with Gasteiger partial charge in [0.2, 0.25) is 0 Å². The Balaban J connectivity index is 3.08. The maximum atomic E-state index is 8.52. The minimum absolute atomic E-state index is 0.419. The van der Waals surface area contributed by atoms with Crippen molar-refractivity contribution >= 4 is 11.8 Å². The van der Waals surface area contributed by atoms with Gasteiger partial charge in [-0.1, -0.05) is 0 Å². The van der Waals surface area contributed by atoms with E-state index in [1.165, 1.54) is 11.8 Å². The summed E-state index contributed by atoms with van der Waals surface area (Å²) in [7, 11) is 3.25. The summed E-state index contributed by atoms with van der Waals surface area (Å²) in [6, 6.07) is 5.89. The van der Waals surface area contributed by atoms with Gasteiger partial charge in [-0.25, -0.2) is 0 Å². The molecule has 0 aromatic heterocycles. The minimum atomic E-state index is 0.419. The summed E-state index contributed by atoms with van der Waals surface area (Å²) < 4.78 is 10.5. The van der Waals surface area contributed by atoms with Crippen molar-refractivity contribution in [2.45, 2.75) is 11.8 Å². The van der Waals surface area contributed by atoms with Crippen LogP contribution in [0.2, 0.25) is 0 Å². The van der Waals surface area contributed by atoms with E-state index in [0.717, 1.165) is 22.0 Å². The zero-order chi connectivity index (χ0) is 11.3. The van der Waals surface area contributed by atoms with Gasteiger partial charge >= 0.3 is 0 Å². The molecule has 0 aliphatic rings. The highest BCUT2D eigenvalue weighted by atomic mass is 32.2. The van der Waals surface area contributed by atoms with Crippen molar-refractivity contribution in [1.29, 1.82) is 5.26 Å². The van der Waals surface area contributed by atoms with E-state index < -0.39 is 0 Å². The zero-order valence-electron chi connectivity index (χ0n) is 9.03. The second-order valence-corrected chi connectivity index (χ2v) is 3.89. The Labute approximate surface area is 94.0 Å². The summed E-state index contributed by atoms with van der Waals surface area (Å²) in [5, 5.41) is 8.52. The van der Waals surface area contributed by atoms with Gasteiger partial charge in [-0.3, -0.25) is 0 Å². The lowest BCUT2D eigenvalue weighted by molar-refractivity contribution is 0.382. The summed E-state index contributed by atoms with van der Waals surface area (Å²) in [6.07, 6.45) is 0. The van der Waals surface area contributed by atoms with Gasteiger partial charge in [0, 0.05) is 5.56 Å². The van der Waals surface area contributed by atoms with Crippen molar-refractivity contribution in [3.05, 3.63) is 17.7 Å². The van der Waals surface area contributed by atoms with Crippen LogP contribution in [0.15, 0.2) is 17.0 Å². The van der Waals surface area contributed by atoms with Crippen LogP contribution in [0.25, 0.3) is 0 Å². The third-order valence-electron chi connectivity index (χ3n) is 2.04. The highest BCUT2D eigenvalue weighted by Crippen LogP contribution is 2.36. The second kappa shape index (κ2) is 5.52. The second-order valence-electron chi connectivity index (χ2n) is 2.87. The molecule has 0 saturated carbocycles. The van der Waals surface area contributed by atoms with Crippen LogP contribution in [-0.2, 0) is 0 Å². The summed E-state index contributed by atoms with van der Waals surface area (Å²) in [5.74, 6) is 2.00. The molecule has 0 aliphatic heterocycles. The Morgan fingerprint density at radius 3 is 2.60 bits per heavy atom. The molecule has 1 aromatic carbocycles. The summed E-state index contributed by atoms with van der Waals surface area (Å²) in [6.45, 7) is 1.94. The number of hydrogen-bond donors (Lipinski definition) is 0. The van der Waals surface area contributed by atoms with E-state index in [2.05, 4.69) is 6.07 Å². The van der Waals surface area contributed by atoms with Crippen LogP contribution in [0.4, 0.5) is 0 Å².